The van der Waals surface area contributed by atoms with E-state index in [0.29, 0.717) is 21.9 Å². The highest BCUT2D eigenvalue weighted by atomic mass is 35.5. The van der Waals surface area contributed by atoms with Gasteiger partial charge in [-0.05, 0) is 42.2 Å². The largest absolute Gasteiger partial charge is 0.462 e. The van der Waals surface area contributed by atoms with Gasteiger partial charge in [0.15, 0.2) is 0 Å². The number of rotatable bonds is 6. The van der Waals surface area contributed by atoms with E-state index in [1.54, 1.807) is 31.2 Å². The van der Waals surface area contributed by atoms with E-state index in [1.165, 1.54) is 17.0 Å². The molecule has 1 atom stereocenters. The molecule has 0 saturated heterocycles. The van der Waals surface area contributed by atoms with Crippen LogP contribution in [0.1, 0.15) is 44.2 Å². The number of benzene rings is 2. The molecular weight excluding hydrogens is 424 g/mol. The number of hydrogen-bond donors (Lipinski definition) is 0. The summed E-state index contributed by atoms with van der Waals surface area (Å²) in [5, 5.41) is 0.447. The Hall–Kier alpha value is -2.73. The topological polar surface area (TPSA) is 46.6 Å². The van der Waals surface area contributed by atoms with E-state index in [-0.39, 0.29) is 37.0 Å². The van der Waals surface area contributed by atoms with Crippen molar-refractivity contribution in [3.8, 4) is 0 Å². The third-order valence-electron chi connectivity index (χ3n) is 5.13. The molecule has 2 aromatic rings. The van der Waals surface area contributed by atoms with Crippen molar-refractivity contribution in [1.29, 1.82) is 0 Å². The Labute approximate surface area is 185 Å². The molecule has 1 heterocycles. The van der Waals surface area contributed by atoms with Crippen molar-refractivity contribution in [3.05, 3.63) is 81.5 Å². The van der Waals surface area contributed by atoms with Gasteiger partial charge in [0.25, 0.3) is 0 Å². The number of nitrogens with zero attached hydrogens (tertiary/aromatic N) is 1. The third-order valence-corrected chi connectivity index (χ3v) is 5.48. The minimum absolute atomic E-state index is 0.00895. The minimum Gasteiger partial charge on any atom is -0.462 e. The molecule has 0 radical (unpaired) electrons. The highest BCUT2D eigenvalue weighted by Gasteiger charge is 2.37. The van der Waals surface area contributed by atoms with Crippen LogP contribution in [0.25, 0.3) is 0 Å². The summed E-state index contributed by atoms with van der Waals surface area (Å²) in [6.07, 6.45) is -0.00895. The third kappa shape index (κ3) is 5.31. The van der Waals surface area contributed by atoms with Gasteiger partial charge in [-0.25, -0.2) is 13.6 Å². The lowest BCUT2D eigenvalue weighted by Gasteiger charge is -2.35. The monoisotopic (exact) mass is 447 g/mol. The predicted molar refractivity (Wildman–Crippen MR) is 114 cm³/mol. The minimum atomic E-state index is -0.730. The first-order chi connectivity index (χ1) is 14.7. The molecule has 3 rings (SSSR count). The number of allylic oxidation sites excluding steroid dienone is 1. The van der Waals surface area contributed by atoms with Crippen LogP contribution in [0.15, 0.2) is 53.7 Å². The highest BCUT2D eigenvalue weighted by molar-refractivity contribution is 6.31. The van der Waals surface area contributed by atoms with Gasteiger partial charge in [-0.3, -0.25) is 4.79 Å². The second-order valence-electron chi connectivity index (χ2n) is 8.03. The van der Waals surface area contributed by atoms with Crippen molar-refractivity contribution in [1.82, 2.24) is 4.90 Å². The van der Waals surface area contributed by atoms with E-state index in [1.807, 2.05) is 13.8 Å². The van der Waals surface area contributed by atoms with Crippen LogP contribution in [0.4, 0.5) is 8.78 Å². The maximum atomic E-state index is 13.6. The van der Waals surface area contributed by atoms with Crippen LogP contribution >= 0.6 is 11.6 Å². The predicted octanol–water partition coefficient (Wildman–Crippen LogP) is 5.61. The molecule has 4 nitrogen and oxygen atoms in total. The highest BCUT2D eigenvalue weighted by Crippen LogP contribution is 2.40. The number of amides is 1. The second-order valence-corrected chi connectivity index (χ2v) is 8.43. The van der Waals surface area contributed by atoms with Gasteiger partial charge in [0, 0.05) is 29.1 Å². The van der Waals surface area contributed by atoms with E-state index in [2.05, 4.69) is 0 Å². The zero-order valence-corrected chi connectivity index (χ0v) is 18.4. The molecule has 1 aliphatic rings. The van der Waals surface area contributed by atoms with Crippen LogP contribution in [0, 0.1) is 17.6 Å². The summed E-state index contributed by atoms with van der Waals surface area (Å²) in [4.78, 5) is 27.4. The average Bonchev–Trinajstić information content (AvgIpc) is 2.68. The molecule has 0 spiro atoms. The maximum absolute atomic E-state index is 13.6. The number of ether oxygens (including phenoxy) is 1. The fourth-order valence-corrected chi connectivity index (χ4v) is 3.96. The first-order valence-corrected chi connectivity index (χ1v) is 10.4. The van der Waals surface area contributed by atoms with E-state index >= 15 is 0 Å². The van der Waals surface area contributed by atoms with E-state index < -0.39 is 23.5 Å². The normalized spacial score (nSPS) is 16.8. The van der Waals surface area contributed by atoms with E-state index in [4.69, 9.17) is 16.3 Å². The summed E-state index contributed by atoms with van der Waals surface area (Å²) in [6, 6.07) is 10.2. The van der Waals surface area contributed by atoms with Crippen LogP contribution in [-0.4, -0.2) is 23.4 Å². The smallest absolute Gasteiger partial charge is 0.336 e. The van der Waals surface area contributed by atoms with E-state index in [0.717, 1.165) is 6.07 Å². The van der Waals surface area contributed by atoms with Gasteiger partial charge < -0.3 is 9.64 Å². The fraction of sp³-hybridized carbons (Fsp3) is 0.333. The Morgan fingerprint density at radius 3 is 2.45 bits per heavy atom. The van der Waals surface area contributed by atoms with Crippen LogP contribution in [-0.2, 0) is 20.9 Å². The average molecular weight is 448 g/mol. The molecule has 0 unspecified atom stereocenters. The summed E-state index contributed by atoms with van der Waals surface area (Å²) >= 11 is 6.37. The molecule has 0 bridgehead atoms. The SMILES string of the molecule is CC1=C(C(=O)OCC(C)C)[C@@H](c2ccccc2Cl)CC(=O)N1Cc1cc(F)cc(F)c1. The Kier molecular flexibility index (Phi) is 7.11. The van der Waals surface area contributed by atoms with Gasteiger partial charge >= 0.3 is 5.97 Å². The van der Waals surface area contributed by atoms with E-state index in [9.17, 15) is 18.4 Å². The number of hydrogen-bond acceptors (Lipinski definition) is 3. The van der Waals surface area contributed by atoms with Gasteiger partial charge in [-0.1, -0.05) is 43.6 Å². The quantitative estimate of drug-likeness (QED) is 0.541. The van der Waals surface area contributed by atoms with Gasteiger partial charge in [-0.15, -0.1) is 0 Å². The van der Waals surface area contributed by atoms with Crippen LogP contribution in [0.5, 0.6) is 0 Å². The molecule has 0 saturated carbocycles. The number of halogens is 3. The lowest BCUT2D eigenvalue weighted by molar-refractivity contribution is -0.141. The maximum Gasteiger partial charge on any atom is 0.336 e. The Morgan fingerprint density at radius 2 is 1.84 bits per heavy atom. The molecule has 0 aromatic heterocycles. The van der Waals surface area contributed by atoms with Gasteiger partial charge in [-0.2, -0.15) is 0 Å². The van der Waals surface area contributed by atoms with Crippen LogP contribution < -0.4 is 0 Å². The molecule has 7 heteroatoms. The van der Waals surface area contributed by atoms with Crippen molar-refractivity contribution in [2.75, 3.05) is 6.61 Å². The lowest BCUT2D eigenvalue weighted by atomic mass is 9.83. The van der Waals surface area contributed by atoms with Crippen LogP contribution in [0.3, 0.4) is 0 Å². The van der Waals surface area contributed by atoms with Crippen molar-refractivity contribution in [2.45, 2.75) is 39.7 Å². The summed E-state index contributed by atoms with van der Waals surface area (Å²) in [5.74, 6) is -2.69. The molecule has 0 N–H and O–H groups in total. The standard InChI is InChI=1S/C24H24ClF2NO3/c1-14(2)13-31-24(30)23-15(3)28(12-16-8-17(26)10-18(27)9-16)22(29)11-20(23)19-6-4-5-7-21(19)25/h4-10,14,20H,11-13H2,1-3H3/t20-/m1/s1. The molecule has 1 amide bonds. The Bertz CT molecular complexity index is 1010. The molecule has 164 valence electrons. The van der Waals surface area contributed by atoms with Crippen molar-refractivity contribution >= 4 is 23.5 Å². The zero-order chi connectivity index (χ0) is 22.7. The molecule has 31 heavy (non-hydrogen) atoms. The first kappa shape index (κ1) is 22.9. The molecule has 1 aliphatic heterocycles. The van der Waals surface area contributed by atoms with Gasteiger partial charge in [0.1, 0.15) is 11.6 Å². The second kappa shape index (κ2) is 9.60. The summed E-state index contributed by atoms with van der Waals surface area (Å²) in [6.45, 7) is 5.66. The van der Waals surface area contributed by atoms with Crippen molar-refractivity contribution < 1.29 is 23.1 Å². The van der Waals surface area contributed by atoms with Crippen molar-refractivity contribution in [3.63, 3.8) is 0 Å². The summed E-state index contributed by atoms with van der Waals surface area (Å²) in [7, 11) is 0. The van der Waals surface area contributed by atoms with Crippen molar-refractivity contribution in [2.24, 2.45) is 5.92 Å². The zero-order valence-electron chi connectivity index (χ0n) is 17.6. The first-order valence-electron chi connectivity index (χ1n) is 10.0. The number of esters is 1. The lowest BCUT2D eigenvalue weighted by Crippen LogP contribution is -2.38. The Morgan fingerprint density at radius 1 is 1.19 bits per heavy atom. The molecule has 2 aromatic carbocycles. The Balaban J connectivity index is 2.04. The fourth-order valence-electron chi connectivity index (χ4n) is 3.70. The molecule has 0 fully saturated rings. The summed E-state index contributed by atoms with van der Waals surface area (Å²) < 4.78 is 32.8. The molecular formula is C24H24ClF2NO3. The number of carbonyl (C=O) groups excluding carboxylic acids is 2. The molecule has 0 aliphatic carbocycles. The van der Waals surface area contributed by atoms with Crippen LogP contribution in [0.2, 0.25) is 5.02 Å². The summed E-state index contributed by atoms with van der Waals surface area (Å²) in [5.41, 5.74) is 1.66. The van der Waals surface area contributed by atoms with Gasteiger partial charge in [0.2, 0.25) is 5.91 Å². The number of carbonyl (C=O) groups is 2. The van der Waals surface area contributed by atoms with Gasteiger partial charge in [0.05, 0.1) is 18.7 Å².